The molecule has 0 spiro atoms. The van der Waals surface area contributed by atoms with E-state index in [2.05, 4.69) is 4.98 Å². The molecule has 1 aliphatic heterocycles. The van der Waals surface area contributed by atoms with Crippen LogP contribution in [0.2, 0.25) is 0 Å². The topological polar surface area (TPSA) is 131 Å². The third-order valence-corrected chi connectivity index (χ3v) is 6.93. The first-order valence-electron chi connectivity index (χ1n) is 9.21. The monoisotopic (exact) mass is 449 g/mol. The third-order valence-electron chi connectivity index (χ3n) is 4.83. The highest BCUT2D eigenvalue weighted by molar-refractivity contribution is 7.89. The van der Waals surface area contributed by atoms with Crippen LogP contribution in [0.25, 0.3) is 10.2 Å². The van der Waals surface area contributed by atoms with E-state index in [4.69, 9.17) is 14.6 Å². The molecule has 3 heterocycles. The Bertz CT molecular complexity index is 1290. The van der Waals surface area contributed by atoms with Crippen LogP contribution in [0.5, 0.6) is 5.75 Å². The smallest absolute Gasteiger partial charge is 0.348 e. The summed E-state index contributed by atoms with van der Waals surface area (Å²) in [7, 11) is -3.76. The van der Waals surface area contributed by atoms with Crippen LogP contribution in [0.15, 0.2) is 34.0 Å². The van der Waals surface area contributed by atoms with Gasteiger partial charge in [-0.15, -0.1) is 11.3 Å². The van der Waals surface area contributed by atoms with Gasteiger partial charge in [0.25, 0.3) is 5.56 Å². The van der Waals surface area contributed by atoms with Gasteiger partial charge in [0.1, 0.15) is 34.5 Å². The van der Waals surface area contributed by atoms with Crippen molar-refractivity contribution in [3.05, 3.63) is 50.9 Å². The average Bonchev–Trinajstić information content (AvgIpc) is 3.30. The highest BCUT2D eigenvalue weighted by atomic mass is 32.2. The molecule has 0 saturated heterocycles. The molecule has 0 atom stereocenters. The predicted molar refractivity (Wildman–Crippen MR) is 111 cm³/mol. The Balaban J connectivity index is 1.40. The fraction of sp³-hybridized carbons (Fsp3) is 0.316. The lowest BCUT2D eigenvalue weighted by atomic mass is 10.2. The summed E-state index contributed by atoms with van der Waals surface area (Å²) in [5, 5.41) is 5.52. The summed E-state index contributed by atoms with van der Waals surface area (Å²) in [4.78, 5) is 30.6. The van der Waals surface area contributed by atoms with Crippen molar-refractivity contribution in [2.45, 2.75) is 31.2 Å². The van der Waals surface area contributed by atoms with Crippen molar-refractivity contribution in [1.29, 1.82) is 0 Å². The van der Waals surface area contributed by atoms with Crippen LogP contribution < -0.4 is 15.4 Å². The van der Waals surface area contributed by atoms with Crippen molar-refractivity contribution >= 4 is 37.5 Å². The molecule has 0 unspecified atom stereocenters. The molecule has 0 aliphatic carbocycles. The Kier molecular flexibility index (Phi) is 5.35. The van der Waals surface area contributed by atoms with Crippen LogP contribution in [0.3, 0.4) is 0 Å². The number of hydrogen-bond acceptors (Lipinski definition) is 8. The number of carbonyl (C=O) groups is 1. The summed E-state index contributed by atoms with van der Waals surface area (Å²) in [5.41, 5.74) is 0.478. The first kappa shape index (κ1) is 20.5. The number of rotatable bonds is 6. The molecule has 4 rings (SSSR count). The van der Waals surface area contributed by atoms with Crippen LogP contribution >= 0.6 is 11.3 Å². The van der Waals surface area contributed by atoms with Gasteiger partial charge in [-0.1, -0.05) is 0 Å². The maximum Gasteiger partial charge on any atom is 0.348 e. The van der Waals surface area contributed by atoms with E-state index >= 15 is 0 Å². The maximum atomic E-state index is 12.7. The second kappa shape index (κ2) is 7.82. The number of benzene rings is 1. The zero-order chi connectivity index (χ0) is 21.5. The summed E-state index contributed by atoms with van der Waals surface area (Å²) < 4.78 is 34.9. The second-order valence-corrected chi connectivity index (χ2v) is 9.39. The second-order valence-electron chi connectivity index (χ2n) is 6.83. The molecule has 2 N–H and O–H groups in total. The molecule has 0 radical (unpaired) electrons. The van der Waals surface area contributed by atoms with Gasteiger partial charge in [-0.3, -0.25) is 9.36 Å². The average molecular weight is 450 g/mol. The number of aryl methyl sites for hydroxylation is 2. The molecule has 2 aromatic heterocycles. The lowest BCUT2D eigenvalue weighted by Gasteiger charge is -2.07. The molecule has 1 aromatic carbocycles. The number of primary sulfonamides is 1. The van der Waals surface area contributed by atoms with Gasteiger partial charge in [0.05, 0.1) is 10.3 Å². The van der Waals surface area contributed by atoms with Gasteiger partial charge in [0.2, 0.25) is 10.0 Å². The molecule has 1 aliphatic rings. The van der Waals surface area contributed by atoms with Gasteiger partial charge < -0.3 is 9.47 Å². The van der Waals surface area contributed by atoms with Gasteiger partial charge in [-0.2, -0.15) is 0 Å². The molecule has 3 aromatic rings. The number of carbonyl (C=O) groups excluding carboxylic acids is 1. The summed E-state index contributed by atoms with van der Waals surface area (Å²) in [6, 6.07) is 5.60. The zero-order valence-electron chi connectivity index (χ0n) is 16.1. The van der Waals surface area contributed by atoms with Crippen LogP contribution in [-0.4, -0.2) is 37.2 Å². The quantitative estimate of drug-likeness (QED) is 0.447. The highest BCUT2D eigenvalue weighted by Crippen LogP contribution is 2.29. The first-order valence-corrected chi connectivity index (χ1v) is 11.6. The summed E-state index contributed by atoms with van der Waals surface area (Å²) >= 11 is 1.16. The summed E-state index contributed by atoms with van der Waals surface area (Å²) in [6.45, 7) is 2.46. The molecule has 30 heavy (non-hydrogen) atoms. The maximum absolute atomic E-state index is 12.7. The standard InChI is InChI=1S/C19H19N3O6S2/c1-11-15-17(21-14-3-2-8-22(14)18(15)23)29-16(11)19(24)28-10-9-27-12-4-6-13(7-5-12)30(20,25)26/h4-7H,2-3,8-10H2,1H3,(H2,20,25,26). The molecular weight excluding hydrogens is 430 g/mol. The number of sulfonamides is 1. The Hall–Kier alpha value is -2.76. The molecule has 0 bridgehead atoms. The van der Waals surface area contributed by atoms with E-state index in [0.717, 1.165) is 30.0 Å². The van der Waals surface area contributed by atoms with Gasteiger partial charge in [0.15, 0.2) is 0 Å². The number of aromatic nitrogens is 2. The summed E-state index contributed by atoms with van der Waals surface area (Å²) in [5.74, 6) is 0.645. The minimum absolute atomic E-state index is 0.00757. The van der Waals surface area contributed by atoms with E-state index in [1.807, 2.05) is 0 Å². The number of thiophene rings is 1. The van der Waals surface area contributed by atoms with Crippen LogP contribution in [0.4, 0.5) is 0 Å². The van der Waals surface area contributed by atoms with E-state index in [1.165, 1.54) is 24.3 Å². The van der Waals surface area contributed by atoms with E-state index in [0.29, 0.717) is 33.0 Å². The Morgan fingerprint density at radius 3 is 2.70 bits per heavy atom. The van der Waals surface area contributed by atoms with Gasteiger partial charge in [0, 0.05) is 13.0 Å². The number of hydrogen-bond donors (Lipinski definition) is 1. The van der Waals surface area contributed by atoms with Crippen molar-refractivity contribution in [2.75, 3.05) is 13.2 Å². The molecular formula is C19H19N3O6S2. The van der Waals surface area contributed by atoms with E-state index in [-0.39, 0.29) is 23.7 Å². The van der Waals surface area contributed by atoms with Gasteiger partial charge >= 0.3 is 5.97 Å². The van der Waals surface area contributed by atoms with Crippen molar-refractivity contribution in [3.63, 3.8) is 0 Å². The lowest BCUT2D eigenvalue weighted by Crippen LogP contribution is -2.20. The van der Waals surface area contributed by atoms with Crippen LogP contribution in [-0.2, 0) is 27.7 Å². The van der Waals surface area contributed by atoms with Crippen molar-refractivity contribution in [1.82, 2.24) is 9.55 Å². The Morgan fingerprint density at radius 1 is 1.27 bits per heavy atom. The Morgan fingerprint density at radius 2 is 2.00 bits per heavy atom. The molecule has 158 valence electrons. The van der Waals surface area contributed by atoms with Crippen molar-refractivity contribution in [2.24, 2.45) is 5.14 Å². The van der Waals surface area contributed by atoms with E-state index < -0.39 is 16.0 Å². The van der Waals surface area contributed by atoms with Gasteiger partial charge in [-0.25, -0.2) is 23.3 Å². The largest absolute Gasteiger partial charge is 0.490 e. The van der Waals surface area contributed by atoms with Gasteiger partial charge in [-0.05, 0) is 43.2 Å². The molecule has 9 nitrogen and oxygen atoms in total. The number of ether oxygens (including phenoxy) is 2. The van der Waals surface area contributed by atoms with E-state index in [1.54, 1.807) is 11.5 Å². The normalized spacial score (nSPS) is 13.4. The zero-order valence-corrected chi connectivity index (χ0v) is 17.7. The Labute approximate surface area is 176 Å². The van der Waals surface area contributed by atoms with Crippen molar-refractivity contribution < 1.29 is 22.7 Å². The van der Waals surface area contributed by atoms with Crippen LogP contribution in [0.1, 0.15) is 27.5 Å². The molecule has 11 heteroatoms. The number of nitrogens with zero attached hydrogens (tertiary/aromatic N) is 2. The molecule has 0 fully saturated rings. The fourth-order valence-corrected chi connectivity index (χ4v) is 4.95. The number of fused-ring (bicyclic) bond motifs is 2. The minimum atomic E-state index is -3.76. The van der Waals surface area contributed by atoms with Crippen LogP contribution in [0, 0.1) is 6.92 Å². The van der Waals surface area contributed by atoms with E-state index in [9.17, 15) is 18.0 Å². The fourth-order valence-electron chi connectivity index (χ4n) is 3.36. The SMILES string of the molecule is Cc1c(C(=O)OCCOc2ccc(S(N)(=O)=O)cc2)sc2nc3n(c(=O)c12)CCC3. The number of esters is 1. The molecule has 0 saturated carbocycles. The third kappa shape index (κ3) is 3.83. The minimum Gasteiger partial charge on any atom is -0.490 e. The van der Waals surface area contributed by atoms with Crippen molar-refractivity contribution in [3.8, 4) is 5.75 Å². The predicted octanol–water partition coefficient (Wildman–Crippen LogP) is 1.60. The summed E-state index contributed by atoms with van der Waals surface area (Å²) in [6.07, 6.45) is 1.66. The molecule has 0 amide bonds. The number of nitrogens with two attached hydrogens (primary N) is 1. The lowest BCUT2D eigenvalue weighted by molar-refractivity contribution is 0.0455. The highest BCUT2D eigenvalue weighted by Gasteiger charge is 2.24. The first-order chi connectivity index (χ1) is 14.3.